The van der Waals surface area contributed by atoms with Gasteiger partial charge in [-0.25, -0.2) is 0 Å². The third kappa shape index (κ3) is 4.01. The van der Waals surface area contributed by atoms with Crippen molar-refractivity contribution in [3.63, 3.8) is 0 Å². The number of rotatable bonds is 6. The van der Waals surface area contributed by atoms with Crippen LogP contribution in [0.4, 0.5) is 0 Å². The highest BCUT2D eigenvalue weighted by molar-refractivity contribution is 5.00. The zero-order chi connectivity index (χ0) is 11.3. The van der Waals surface area contributed by atoms with E-state index in [2.05, 4.69) is 5.10 Å². The fraction of sp³-hybridized carbons (Fsp3) is 0.727. The lowest BCUT2D eigenvalue weighted by Crippen LogP contribution is -2.17. The summed E-state index contributed by atoms with van der Waals surface area (Å²) in [6, 6.07) is 1.98. The minimum absolute atomic E-state index is 0.117. The lowest BCUT2D eigenvalue weighted by molar-refractivity contribution is 0.0529. The second-order valence-electron chi connectivity index (χ2n) is 3.92. The Hall–Kier alpha value is -0.870. The maximum Gasteiger partial charge on any atom is 0.0568 e. The molecular formula is C11H20N2O2. The van der Waals surface area contributed by atoms with Crippen molar-refractivity contribution < 1.29 is 9.84 Å². The number of aliphatic hydroxyl groups excluding tert-OH is 1. The molecule has 86 valence electrons. The molecule has 0 aliphatic rings. The molecule has 0 aliphatic heterocycles. The molecule has 0 radical (unpaired) electrons. The van der Waals surface area contributed by atoms with Crippen molar-refractivity contribution in [2.75, 3.05) is 7.11 Å². The highest BCUT2D eigenvalue weighted by Crippen LogP contribution is 2.09. The Kier molecular flexibility index (Phi) is 4.78. The van der Waals surface area contributed by atoms with Crippen molar-refractivity contribution in [1.29, 1.82) is 0 Å². The van der Waals surface area contributed by atoms with Gasteiger partial charge in [0.2, 0.25) is 0 Å². The van der Waals surface area contributed by atoms with Gasteiger partial charge in [-0.15, -0.1) is 0 Å². The molecule has 4 nitrogen and oxygen atoms in total. The van der Waals surface area contributed by atoms with Crippen LogP contribution < -0.4 is 0 Å². The normalized spacial score (nSPS) is 15.2. The fourth-order valence-electron chi connectivity index (χ4n) is 1.56. The largest absolute Gasteiger partial charge is 0.393 e. The first-order valence-corrected chi connectivity index (χ1v) is 5.31. The summed E-state index contributed by atoms with van der Waals surface area (Å²) in [4.78, 5) is 0. The summed E-state index contributed by atoms with van der Waals surface area (Å²) >= 11 is 0. The Labute approximate surface area is 90.9 Å². The summed E-state index contributed by atoms with van der Waals surface area (Å²) < 4.78 is 6.94. The fourth-order valence-corrected chi connectivity index (χ4v) is 1.56. The summed E-state index contributed by atoms with van der Waals surface area (Å²) in [7, 11) is 3.58. The molecular weight excluding hydrogens is 192 g/mol. The standard InChI is InChI=1S/C11H20N2O2/c1-9(15-3)8-11(14)5-4-10-6-7-12-13(10)2/h6-7,9,11,14H,4-5,8H2,1-3H3. The smallest absolute Gasteiger partial charge is 0.0568 e. The molecule has 1 rings (SSSR count). The number of aliphatic hydroxyl groups is 1. The lowest BCUT2D eigenvalue weighted by Gasteiger charge is -2.14. The molecule has 0 bridgehead atoms. The molecule has 15 heavy (non-hydrogen) atoms. The maximum atomic E-state index is 9.73. The van der Waals surface area contributed by atoms with E-state index in [0.29, 0.717) is 6.42 Å². The van der Waals surface area contributed by atoms with Gasteiger partial charge in [-0.1, -0.05) is 0 Å². The van der Waals surface area contributed by atoms with E-state index < -0.39 is 0 Å². The van der Waals surface area contributed by atoms with Gasteiger partial charge in [0.05, 0.1) is 12.2 Å². The summed E-state index contributed by atoms with van der Waals surface area (Å²) in [6.45, 7) is 1.97. The van der Waals surface area contributed by atoms with E-state index in [9.17, 15) is 5.11 Å². The van der Waals surface area contributed by atoms with Crippen LogP contribution in [0.15, 0.2) is 12.3 Å². The number of hydrogen-bond acceptors (Lipinski definition) is 3. The van der Waals surface area contributed by atoms with Gasteiger partial charge in [-0.2, -0.15) is 5.10 Å². The van der Waals surface area contributed by atoms with Crippen LogP contribution in [-0.2, 0) is 18.2 Å². The molecule has 1 heterocycles. The molecule has 1 aromatic rings. The topological polar surface area (TPSA) is 47.3 Å². The minimum Gasteiger partial charge on any atom is -0.393 e. The predicted octanol–water partition coefficient (Wildman–Crippen LogP) is 1.14. The molecule has 0 aliphatic carbocycles. The van der Waals surface area contributed by atoms with Crippen molar-refractivity contribution >= 4 is 0 Å². The lowest BCUT2D eigenvalue weighted by atomic mass is 10.1. The van der Waals surface area contributed by atoms with E-state index in [1.165, 1.54) is 0 Å². The van der Waals surface area contributed by atoms with E-state index in [0.717, 1.165) is 18.5 Å². The van der Waals surface area contributed by atoms with Gasteiger partial charge in [0, 0.05) is 26.0 Å². The van der Waals surface area contributed by atoms with Crippen LogP contribution in [0.3, 0.4) is 0 Å². The molecule has 0 saturated heterocycles. The monoisotopic (exact) mass is 212 g/mol. The predicted molar refractivity (Wildman–Crippen MR) is 58.6 cm³/mol. The van der Waals surface area contributed by atoms with Crippen molar-refractivity contribution in [2.24, 2.45) is 7.05 Å². The van der Waals surface area contributed by atoms with Gasteiger partial charge < -0.3 is 9.84 Å². The first-order valence-electron chi connectivity index (χ1n) is 5.31. The van der Waals surface area contributed by atoms with Crippen LogP contribution in [-0.4, -0.2) is 34.2 Å². The van der Waals surface area contributed by atoms with Gasteiger partial charge in [0.1, 0.15) is 0 Å². The molecule has 2 unspecified atom stereocenters. The van der Waals surface area contributed by atoms with E-state index in [4.69, 9.17) is 4.74 Å². The molecule has 0 fully saturated rings. The minimum atomic E-state index is -0.296. The second kappa shape index (κ2) is 5.88. The summed E-state index contributed by atoms with van der Waals surface area (Å²) in [5.74, 6) is 0. The number of aromatic nitrogens is 2. The molecule has 4 heteroatoms. The molecule has 0 aromatic carbocycles. The van der Waals surface area contributed by atoms with Gasteiger partial charge in [-0.3, -0.25) is 4.68 Å². The first kappa shape index (κ1) is 12.2. The molecule has 0 saturated carbocycles. The summed E-state index contributed by atoms with van der Waals surface area (Å²) in [6.07, 6.45) is 3.90. The van der Waals surface area contributed by atoms with Gasteiger partial charge in [0.25, 0.3) is 0 Å². The van der Waals surface area contributed by atoms with Crippen molar-refractivity contribution in [3.05, 3.63) is 18.0 Å². The Balaban J connectivity index is 2.28. The van der Waals surface area contributed by atoms with Crippen LogP contribution in [0.1, 0.15) is 25.5 Å². The quantitative estimate of drug-likeness (QED) is 0.769. The third-order valence-corrected chi connectivity index (χ3v) is 2.66. The van der Waals surface area contributed by atoms with E-state index in [1.807, 2.05) is 24.7 Å². The van der Waals surface area contributed by atoms with Crippen LogP contribution in [0, 0.1) is 0 Å². The van der Waals surface area contributed by atoms with E-state index >= 15 is 0 Å². The van der Waals surface area contributed by atoms with Crippen molar-refractivity contribution in [2.45, 2.75) is 38.4 Å². The third-order valence-electron chi connectivity index (χ3n) is 2.66. The number of nitrogens with zero attached hydrogens (tertiary/aromatic N) is 2. The van der Waals surface area contributed by atoms with Crippen LogP contribution in [0.25, 0.3) is 0 Å². The van der Waals surface area contributed by atoms with Crippen molar-refractivity contribution in [1.82, 2.24) is 9.78 Å². The molecule has 0 amide bonds. The van der Waals surface area contributed by atoms with Gasteiger partial charge in [0.15, 0.2) is 0 Å². The number of hydrogen-bond donors (Lipinski definition) is 1. The van der Waals surface area contributed by atoms with E-state index in [1.54, 1.807) is 13.3 Å². The second-order valence-corrected chi connectivity index (χ2v) is 3.92. The molecule has 0 spiro atoms. The molecule has 1 N–H and O–H groups in total. The highest BCUT2D eigenvalue weighted by atomic mass is 16.5. The maximum absolute atomic E-state index is 9.73. The zero-order valence-electron chi connectivity index (χ0n) is 9.68. The number of ether oxygens (including phenoxy) is 1. The summed E-state index contributed by atoms with van der Waals surface area (Å²) in [5.41, 5.74) is 1.15. The Morgan fingerprint density at radius 1 is 1.60 bits per heavy atom. The van der Waals surface area contributed by atoms with Crippen LogP contribution >= 0.6 is 0 Å². The van der Waals surface area contributed by atoms with Gasteiger partial charge in [-0.05, 0) is 32.3 Å². The number of methoxy groups -OCH3 is 1. The Morgan fingerprint density at radius 3 is 2.87 bits per heavy atom. The first-order chi connectivity index (χ1) is 7.13. The average molecular weight is 212 g/mol. The SMILES string of the molecule is COC(C)CC(O)CCc1ccnn1C. The zero-order valence-corrected chi connectivity index (χ0v) is 9.68. The van der Waals surface area contributed by atoms with Crippen LogP contribution in [0.5, 0.6) is 0 Å². The number of aryl methyl sites for hydroxylation is 2. The van der Waals surface area contributed by atoms with Gasteiger partial charge >= 0.3 is 0 Å². The highest BCUT2D eigenvalue weighted by Gasteiger charge is 2.10. The van der Waals surface area contributed by atoms with E-state index in [-0.39, 0.29) is 12.2 Å². The average Bonchev–Trinajstić information content (AvgIpc) is 2.61. The van der Waals surface area contributed by atoms with Crippen molar-refractivity contribution in [3.8, 4) is 0 Å². The Morgan fingerprint density at radius 2 is 2.33 bits per heavy atom. The Bertz CT molecular complexity index is 286. The van der Waals surface area contributed by atoms with Crippen LogP contribution in [0.2, 0.25) is 0 Å². The summed E-state index contributed by atoms with van der Waals surface area (Å²) in [5, 5.41) is 13.8. The molecule has 2 atom stereocenters. The molecule has 1 aromatic heterocycles.